The van der Waals surface area contributed by atoms with Crippen LogP contribution in [0.3, 0.4) is 0 Å². The van der Waals surface area contributed by atoms with E-state index >= 15 is 0 Å². The van der Waals surface area contributed by atoms with Crippen molar-refractivity contribution in [2.75, 3.05) is 13.2 Å². The number of hydrogen-bond acceptors (Lipinski definition) is 4. The van der Waals surface area contributed by atoms with Gasteiger partial charge in [-0.3, -0.25) is 0 Å². The summed E-state index contributed by atoms with van der Waals surface area (Å²) in [4.78, 5) is 0.268. The van der Waals surface area contributed by atoms with Crippen LogP contribution in [0.1, 0.15) is 32.8 Å². The zero-order valence-corrected chi connectivity index (χ0v) is 17.9. The van der Waals surface area contributed by atoms with Crippen molar-refractivity contribution in [3.8, 4) is 0 Å². The Morgan fingerprint density at radius 3 is 2.28 bits per heavy atom. The van der Waals surface area contributed by atoms with Crippen LogP contribution in [0.2, 0.25) is 18.1 Å². The van der Waals surface area contributed by atoms with Gasteiger partial charge in [0, 0.05) is 6.54 Å². The van der Waals surface area contributed by atoms with E-state index in [1.807, 2.05) is 6.92 Å². The van der Waals surface area contributed by atoms with Crippen molar-refractivity contribution in [1.82, 2.24) is 4.31 Å². The van der Waals surface area contributed by atoms with E-state index in [4.69, 9.17) is 4.43 Å². The van der Waals surface area contributed by atoms with Crippen LogP contribution in [0.15, 0.2) is 29.2 Å². The first kappa shape index (κ1) is 20.6. The zero-order valence-electron chi connectivity index (χ0n) is 16.1. The number of aliphatic hydroxyl groups is 1. The van der Waals surface area contributed by atoms with Crippen molar-refractivity contribution in [3.05, 3.63) is 29.8 Å². The minimum Gasteiger partial charge on any atom is -0.413 e. The molecule has 1 aliphatic rings. The molecule has 0 radical (unpaired) electrons. The summed E-state index contributed by atoms with van der Waals surface area (Å²) in [6.45, 7) is 12.9. The van der Waals surface area contributed by atoms with Crippen LogP contribution in [-0.2, 0) is 14.4 Å². The van der Waals surface area contributed by atoms with Crippen LogP contribution in [0.25, 0.3) is 0 Å². The topological polar surface area (TPSA) is 66.8 Å². The molecule has 0 spiro atoms. The predicted octanol–water partition coefficient (Wildman–Crippen LogP) is 3.14. The Bertz CT molecular complexity index is 695. The van der Waals surface area contributed by atoms with E-state index in [-0.39, 0.29) is 22.6 Å². The maximum atomic E-state index is 13.0. The second-order valence-electron chi connectivity index (χ2n) is 8.46. The third kappa shape index (κ3) is 4.34. The molecule has 1 aromatic rings. The highest BCUT2D eigenvalue weighted by molar-refractivity contribution is 7.89. The van der Waals surface area contributed by atoms with Gasteiger partial charge in [0.05, 0.1) is 23.6 Å². The monoisotopic (exact) mass is 385 g/mol. The number of benzene rings is 1. The molecule has 5 nitrogen and oxygen atoms in total. The highest BCUT2D eigenvalue weighted by atomic mass is 32.2. The van der Waals surface area contributed by atoms with Gasteiger partial charge in [0.15, 0.2) is 8.32 Å². The molecular formula is C18H31NO4SSi. The fraction of sp³-hybridized carbons (Fsp3) is 0.667. The van der Waals surface area contributed by atoms with Crippen LogP contribution in [0.5, 0.6) is 0 Å². The van der Waals surface area contributed by atoms with Gasteiger partial charge < -0.3 is 9.53 Å². The molecule has 2 rings (SSSR count). The molecule has 142 valence electrons. The van der Waals surface area contributed by atoms with Gasteiger partial charge in [0.2, 0.25) is 10.0 Å². The lowest BCUT2D eigenvalue weighted by Crippen LogP contribution is -2.44. The lowest BCUT2D eigenvalue weighted by Gasteiger charge is -2.38. The van der Waals surface area contributed by atoms with Crippen LogP contribution < -0.4 is 0 Å². The second-order valence-corrected chi connectivity index (χ2v) is 15.1. The summed E-state index contributed by atoms with van der Waals surface area (Å²) in [5.74, 6) is 0. The Morgan fingerprint density at radius 1 is 1.24 bits per heavy atom. The summed E-state index contributed by atoms with van der Waals surface area (Å²) in [7, 11) is -5.62. The quantitative estimate of drug-likeness (QED) is 0.791. The number of nitrogens with zero attached hydrogens (tertiary/aromatic N) is 1. The van der Waals surface area contributed by atoms with Crippen LogP contribution in [-0.4, -0.2) is 51.4 Å². The molecule has 1 aliphatic heterocycles. The zero-order chi connectivity index (χ0) is 19.0. The maximum absolute atomic E-state index is 13.0. The highest BCUT2D eigenvalue weighted by Gasteiger charge is 2.45. The van der Waals surface area contributed by atoms with Crippen molar-refractivity contribution < 1.29 is 18.0 Å². The Balaban J connectivity index is 2.23. The number of sulfonamides is 1. The fourth-order valence-corrected chi connectivity index (χ4v) is 5.85. The van der Waals surface area contributed by atoms with E-state index in [0.717, 1.165) is 5.56 Å². The molecule has 1 N–H and O–H groups in total. The van der Waals surface area contributed by atoms with Crippen LogP contribution >= 0.6 is 0 Å². The normalized spacial score (nSPS) is 23.2. The van der Waals surface area contributed by atoms with Gasteiger partial charge >= 0.3 is 0 Å². The first-order valence-electron chi connectivity index (χ1n) is 8.75. The van der Waals surface area contributed by atoms with Gasteiger partial charge in [0.1, 0.15) is 0 Å². The minimum absolute atomic E-state index is 0.0605. The van der Waals surface area contributed by atoms with Gasteiger partial charge in [-0.15, -0.1) is 0 Å². The first-order chi connectivity index (χ1) is 11.4. The first-order valence-corrected chi connectivity index (χ1v) is 13.1. The van der Waals surface area contributed by atoms with Crippen molar-refractivity contribution in [2.45, 2.75) is 69.3 Å². The van der Waals surface area contributed by atoms with Crippen molar-refractivity contribution >= 4 is 18.3 Å². The van der Waals surface area contributed by atoms with E-state index in [9.17, 15) is 13.5 Å². The van der Waals surface area contributed by atoms with Crippen LogP contribution in [0.4, 0.5) is 0 Å². The molecule has 0 saturated carbocycles. The van der Waals surface area contributed by atoms with E-state index in [1.54, 1.807) is 24.3 Å². The third-order valence-corrected chi connectivity index (χ3v) is 11.9. The largest absolute Gasteiger partial charge is 0.413 e. The third-order valence-electron chi connectivity index (χ3n) is 5.43. The van der Waals surface area contributed by atoms with Gasteiger partial charge in [0.25, 0.3) is 0 Å². The van der Waals surface area contributed by atoms with Gasteiger partial charge in [-0.2, -0.15) is 4.31 Å². The summed E-state index contributed by atoms with van der Waals surface area (Å²) in [6.07, 6.45) is 0.368. The average Bonchev–Trinajstić information content (AvgIpc) is 2.89. The van der Waals surface area contributed by atoms with E-state index < -0.39 is 24.4 Å². The van der Waals surface area contributed by atoms with E-state index in [2.05, 4.69) is 33.9 Å². The van der Waals surface area contributed by atoms with Crippen molar-refractivity contribution in [3.63, 3.8) is 0 Å². The number of aliphatic hydroxyl groups excluding tert-OH is 1. The smallest absolute Gasteiger partial charge is 0.243 e. The Labute approximate surface area is 153 Å². The molecule has 1 fully saturated rings. The van der Waals surface area contributed by atoms with E-state index in [1.165, 1.54) is 4.31 Å². The molecule has 0 aromatic heterocycles. The fourth-order valence-electron chi connectivity index (χ4n) is 2.83. The summed E-state index contributed by atoms with van der Waals surface area (Å²) in [5.41, 5.74) is 1.01. The maximum Gasteiger partial charge on any atom is 0.243 e. The van der Waals surface area contributed by atoms with Crippen molar-refractivity contribution in [2.24, 2.45) is 0 Å². The molecule has 0 aliphatic carbocycles. The standard InChI is InChI=1S/C18H31NO4SSi/c1-14-7-9-17(10-8-14)24(21,22)19-12-16(11-15(19)13-20)23-25(5,6)18(2,3)4/h7-10,15-16,20H,11-13H2,1-6H3/t15-,16+/m1/s1. The average molecular weight is 386 g/mol. The lowest BCUT2D eigenvalue weighted by atomic mass is 10.2. The molecule has 0 amide bonds. The molecule has 1 heterocycles. The summed E-state index contributed by atoms with van der Waals surface area (Å²) in [5, 5.41) is 9.78. The lowest BCUT2D eigenvalue weighted by molar-refractivity contribution is 0.188. The number of hydrogen-bond donors (Lipinski definition) is 1. The Kier molecular flexibility index (Phi) is 5.86. The Hall–Kier alpha value is -0.733. The van der Waals surface area contributed by atoms with Gasteiger partial charge in [-0.25, -0.2) is 8.42 Å². The number of rotatable bonds is 5. The molecule has 25 heavy (non-hydrogen) atoms. The SMILES string of the molecule is Cc1ccc(S(=O)(=O)N2C[C@@H](O[Si](C)(C)C(C)(C)C)C[C@@H]2CO)cc1. The summed E-state index contributed by atoms with van der Waals surface area (Å²) < 4.78 is 33.8. The summed E-state index contributed by atoms with van der Waals surface area (Å²) in [6, 6.07) is 6.41. The van der Waals surface area contributed by atoms with Crippen molar-refractivity contribution in [1.29, 1.82) is 0 Å². The molecule has 7 heteroatoms. The molecule has 1 aromatic carbocycles. The minimum atomic E-state index is -3.63. The molecule has 0 bridgehead atoms. The molecular weight excluding hydrogens is 354 g/mol. The summed E-state index contributed by atoms with van der Waals surface area (Å²) >= 11 is 0. The molecule has 2 atom stereocenters. The predicted molar refractivity (Wildman–Crippen MR) is 103 cm³/mol. The van der Waals surface area contributed by atoms with Gasteiger partial charge in [-0.1, -0.05) is 38.5 Å². The molecule has 1 saturated heterocycles. The van der Waals surface area contributed by atoms with Gasteiger partial charge in [-0.05, 0) is 43.6 Å². The molecule has 0 unspecified atom stereocenters. The van der Waals surface area contributed by atoms with E-state index in [0.29, 0.717) is 13.0 Å². The Morgan fingerprint density at radius 2 is 1.80 bits per heavy atom. The van der Waals surface area contributed by atoms with Crippen LogP contribution in [0, 0.1) is 6.92 Å². The highest BCUT2D eigenvalue weighted by Crippen LogP contribution is 2.39. The number of aryl methyl sites for hydroxylation is 1. The second kappa shape index (κ2) is 7.11.